The van der Waals surface area contributed by atoms with Crippen LogP contribution in [0, 0.1) is 0 Å². The Hall–Kier alpha value is -1.20. The summed E-state index contributed by atoms with van der Waals surface area (Å²) in [5.74, 6) is 0. The smallest absolute Gasteiger partial charge is 0.129 e. The second-order valence-corrected chi connectivity index (χ2v) is 5.57. The van der Waals surface area contributed by atoms with Gasteiger partial charge in [0.25, 0.3) is 0 Å². The lowest BCUT2D eigenvalue weighted by Crippen LogP contribution is -2.03. The summed E-state index contributed by atoms with van der Waals surface area (Å²) in [6.45, 7) is 0.650. The second kappa shape index (κ2) is 4.82. The maximum Gasteiger partial charge on any atom is 0.129 e. The van der Waals surface area contributed by atoms with E-state index >= 15 is 0 Å². The maximum absolute atomic E-state index is 4.62. The Labute approximate surface area is 121 Å². The van der Waals surface area contributed by atoms with Gasteiger partial charge in [-0.05, 0) is 44.0 Å². The normalized spacial score (nSPS) is 11.0. The first-order valence-electron chi connectivity index (χ1n) is 5.46. The highest BCUT2D eigenvalue weighted by molar-refractivity contribution is 9.11. The molecule has 0 fully saturated rings. The van der Waals surface area contributed by atoms with E-state index in [0.717, 1.165) is 25.8 Å². The van der Waals surface area contributed by atoms with Crippen molar-refractivity contribution >= 4 is 42.8 Å². The van der Waals surface area contributed by atoms with Crippen LogP contribution in [0.1, 0.15) is 5.69 Å². The molecule has 3 rings (SSSR count). The molecule has 0 aliphatic carbocycles. The molecule has 0 amide bonds. The van der Waals surface area contributed by atoms with Gasteiger partial charge in [0.15, 0.2) is 0 Å². The molecular weight excluding hydrogens is 358 g/mol. The van der Waals surface area contributed by atoms with Crippen molar-refractivity contribution in [2.45, 2.75) is 6.54 Å². The molecule has 0 N–H and O–H groups in total. The third kappa shape index (κ3) is 2.33. The lowest BCUT2D eigenvalue weighted by atomic mass is 10.2. The monoisotopic (exact) mass is 365 g/mol. The Balaban J connectivity index is 1.97. The van der Waals surface area contributed by atoms with Crippen molar-refractivity contribution in [3.63, 3.8) is 0 Å². The molecule has 0 bridgehead atoms. The van der Waals surface area contributed by atoms with E-state index in [-0.39, 0.29) is 0 Å². The third-order valence-corrected chi connectivity index (χ3v) is 3.69. The highest BCUT2D eigenvalue weighted by Gasteiger charge is 2.05. The summed E-state index contributed by atoms with van der Waals surface area (Å²) in [6, 6.07) is 14.1. The summed E-state index contributed by atoms with van der Waals surface area (Å²) >= 11 is 6.82. The van der Waals surface area contributed by atoms with Gasteiger partial charge in [0.1, 0.15) is 9.21 Å². The van der Waals surface area contributed by atoms with Gasteiger partial charge in [-0.25, -0.2) is 0 Å². The molecule has 1 aromatic carbocycles. The van der Waals surface area contributed by atoms with Crippen LogP contribution in [0.15, 0.2) is 51.7 Å². The highest BCUT2D eigenvalue weighted by atomic mass is 79.9. The van der Waals surface area contributed by atoms with E-state index in [1.165, 1.54) is 0 Å². The van der Waals surface area contributed by atoms with Gasteiger partial charge in [-0.3, -0.25) is 9.67 Å². The van der Waals surface area contributed by atoms with Crippen molar-refractivity contribution < 1.29 is 0 Å². The first kappa shape index (κ1) is 11.9. The largest absolute Gasteiger partial charge is 0.251 e. The van der Waals surface area contributed by atoms with Gasteiger partial charge in [-0.2, -0.15) is 5.10 Å². The highest BCUT2D eigenvalue weighted by Crippen LogP contribution is 2.18. The average Bonchev–Trinajstić information content (AvgIpc) is 2.68. The zero-order valence-electron chi connectivity index (χ0n) is 9.35. The SMILES string of the molecule is Brc1cc(Br)n(Cc2ccc3ccccc3n2)n1. The summed E-state index contributed by atoms with van der Waals surface area (Å²) in [5.41, 5.74) is 2.00. The minimum atomic E-state index is 0.650. The Morgan fingerprint density at radius 2 is 1.89 bits per heavy atom. The van der Waals surface area contributed by atoms with Crippen molar-refractivity contribution in [1.29, 1.82) is 0 Å². The maximum atomic E-state index is 4.62. The van der Waals surface area contributed by atoms with Crippen molar-refractivity contribution in [2.75, 3.05) is 0 Å². The van der Waals surface area contributed by atoms with Gasteiger partial charge in [0, 0.05) is 11.5 Å². The van der Waals surface area contributed by atoms with E-state index in [0.29, 0.717) is 6.54 Å². The van der Waals surface area contributed by atoms with Gasteiger partial charge in [0.05, 0.1) is 17.8 Å². The Morgan fingerprint density at radius 3 is 2.67 bits per heavy atom. The van der Waals surface area contributed by atoms with Crippen LogP contribution in [0.2, 0.25) is 0 Å². The molecule has 0 saturated heterocycles. The van der Waals surface area contributed by atoms with Crippen LogP contribution in [0.25, 0.3) is 10.9 Å². The second-order valence-electron chi connectivity index (χ2n) is 3.94. The van der Waals surface area contributed by atoms with Crippen molar-refractivity contribution in [3.8, 4) is 0 Å². The predicted octanol–water partition coefficient (Wildman–Crippen LogP) is 4.00. The Kier molecular flexibility index (Phi) is 3.18. The molecule has 0 spiro atoms. The molecule has 90 valence electrons. The fraction of sp³-hybridized carbons (Fsp3) is 0.0769. The number of benzene rings is 1. The number of hydrogen-bond acceptors (Lipinski definition) is 2. The quantitative estimate of drug-likeness (QED) is 0.686. The van der Waals surface area contributed by atoms with Crippen LogP contribution >= 0.6 is 31.9 Å². The number of hydrogen-bond donors (Lipinski definition) is 0. The number of aromatic nitrogens is 3. The topological polar surface area (TPSA) is 30.7 Å². The minimum Gasteiger partial charge on any atom is -0.251 e. The van der Waals surface area contributed by atoms with Crippen molar-refractivity contribution in [1.82, 2.24) is 14.8 Å². The van der Waals surface area contributed by atoms with Crippen LogP contribution in [0.4, 0.5) is 0 Å². The number of rotatable bonds is 2. The molecule has 3 aromatic rings. The van der Waals surface area contributed by atoms with Crippen LogP contribution in [-0.4, -0.2) is 14.8 Å². The lowest BCUT2D eigenvalue weighted by Gasteiger charge is -2.04. The summed E-state index contributed by atoms with van der Waals surface area (Å²) in [4.78, 5) is 4.62. The van der Waals surface area contributed by atoms with Crippen LogP contribution in [-0.2, 0) is 6.54 Å². The van der Waals surface area contributed by atoms with E-state index < -0.39 is 0 Å². The molecule has 18 heavy (non-hydrogen) atoms. The zero-order valence-corrected chi connectivity index (χ0v) is 12.5. The molecule has 0 aliphatic heterocycles. The third-order valence-electron chi connectivity index (χ3n) is 2.67. The van der Waals surface area contributed by atoms with Crippen LogP contribution < -0.4 is 0 Å². The summed E-state index contributed by atoms with van der Waals surface area (Å²) in [6.07, 6.45) is 0. The Morgan fingerprint density at radius 1 is 1.06 bits per heavy atom. The first-order chi connectivity index (χ1) is 8.72. The van der Waals surface area contributed by atoms with Gasteiger partial charge >= 0.3 is 0 Å². The van der Waals surface area contributed by atoms with Crippen LogP contribution in [0.5, 0.6) is 0 Å². The van der Waals surface area contributed by atoms with Crippen molar-refractivity contribution in [3.05, 3.63) is 57.4 Å². The standard InChI is InChI=1S/C13H9Br2N3/c14-12-7-13(15)18(17-12)8-10-6-5-9-3-1-2-4-11(9)16-10/h1-7H,8H2. The summed E-state index contributed by atoms with van der Waals surface area (Å²) in [5, 5.41) is 5.49. The summed E-state index contributed by atoms with van der Waals surface area (Å²) in [7, 11) is 0. The number of fused-ring (bicyclic) bond motifs is 1. The minimum absolute atomic E-state index is 0.650. The van der Waals surface area contributed by atoms with Crippen LogP contribution in [0.3, 0.4) is 0 Å². The number of pyridine rings is 1. The molecule has 0 unspecified atom stereocenters. The predicted molar refractivity (Wildman–Crippen MR) is 78.5 cm³/mol. The molecule has 3 nitrogen and oxygen atoms in total. The van der Waals surface area contributed by atoms with Gasteiger partial charge in [-0.15, -0.1) is 0 Å². The van der Waals surface area contributed by atoms with Gasteiger partial charge in [0.2, 0.25) is 0 Å². The number of nitrogens with zero attached hydrogens (tertiary/aromatic N) is 3. The summed E-state index contributed by atoms with van der Waals surface area (Å²) < 4.78 is 3.61. The molecule has 0 aliphatic rings. The molecule has 0 saturated carbocycles. The first-order valence-corrected chi connectivity index (χ1v) is 7.04. The van der Waals surface area contributed by atoms with Gasteiger partial charge in [-0.1, -0.05) is 24.3 Å². The molecule has 0 radical (unpaired) electrons. The molecule has 0 atom stereocenters. The van der Waals surface area contributed by atoms with E-state index in [1.54, 1.807) is 0 Å². The fourth-order valence-corrected chi connectivity index (χ4v) is 2.96. The van der Waals surface area contributed by atoms with E-state index in [1.807, 2.05) is 35.0 Å². The molecule has 2 aromatic heterocycles. The molecule has 2 heterocycles. The molecular formula is C13H9Br2N3. The fourth-order valence-electron chi connectivity index (χ4n) is 1.83. The molecule has 5 heteroatoms. The van der Waals surface area contributed by atoms with E-state index in [4.69, 9.17) is 0 Å². The average molecular weight is 367 g/mol. The van der Waals surface area contributed by atoms with Gasteiger partial charge < -0.3 is 0 Å². The van der Waals surface area contributed by atoms with E-state index in [9.17, 15) is 0 Å². The van der Waals surface area contributed by atoms with E-state index in [2.05, 4.69) is 54.1 Å². The number of para-hydroxylation sites is 1. The zero-order chi connectivity index (χ0) is 12.5. The van der Waals surface area contributed by atoms with Crippen molar-refractivity contribution in [2.24, 2.45) is 0 Å². The Bertz CT molecular complexity index is 706. The number of halogens is 2. The lowest BCUT2D eigenvalue weighted by molar-refractivity contribution is 0.656.